The molecule has 0 aliphatic carbocycles. The fourth-order valence-electron chi connectivity index (χ4n) is 3.61. The average molecular weight is 386 g/mol. The molecule has 152 valence electrons. The normalized spacial score (nSPS) is 17.6. The highest BCUT2D eigenvalue weighted by Gasteiger charge is 2.22. The van der Waals surface area contributed by atoms with Gasteiger partial charge in [0.05, 0.1) is 13.2 Å². The topological polar surface area (TPSA) is 51.2 Å². The summed E-state index contributed by atoms with van der Waals surface area (Å²) in [6.45, 7) is 5.10. The second-order valence-electron chi connectivity index (χ2n) is 7.37. The molecule has 1 fully saturated rings. The van der Waals surface area contributed by atoms with Crippen molar-refractivity contribution in [3.05, 3.63) is 59.7 Å². The van der Waals surface area contributed by atoms with Crippen molar-refractivity contribution < 1.29 is 19.3 Å². The second-order valence-corrected chi connectivity index (χ2v) is 7.37. The van der Waals surface area contributed by atoms with Gasteiger partial charge in [0.25, 0.3) is 0 Å². The van der Waals surface area contributed by atoms with Crippen LogP contribution in [0.5, 0.6) is 11.5 Å². The van der Waals surface area contributed by atoms with E-state index in [1.165, 1.54) is 0 Å². The lowest BCUT2D eigenvalue weighted by Gasteiger charge is -2.28. The van der Waals surface area contributed by atoms with Crippen LogP contribution in [0.25, 0.3) is 0 Å². The number of benzene rings is 2. The van der Waals surface area contributed by atoms with Crippen molar-refractivity contribution in [2.24, 2.45) is 0 Å². The molecule has 5 heteroatoms. The highest BCUT2D eigenvalue weighted by atomic mass is 16.5. The van der Waals surface area contributed by atoms with Crippen LogP contribution in [-0.4, -0.2) is 55.6 Å². The summed E-state index contributed by atoms with van der Waals surface area (Å²) in [4.78, 5) is 2.24. The lowest BCUT2D eigenvalue weighted by Crippen LogP contribution is -2.39. The van der Waals surface area contributed by atoms with E-state index < -0.39 is 6.10 Å². The number of hydrogen-bond donors (Lipinski definition) is 1. The van der Waals surface area contributed by atoms with Crippen molar-refractivity contribution in [2.45, 2.75) is 38.5 Å². The maximum atomic E-state index is 10.6. The van der Waals surface area contributed by atoms with E-state index in [2.05, 4.69) is 11.0 Å². The Bertz CT molecular complexity index is 730. The fourth-order valence-corrected chi connectivity index (χ4v) is 3.61. The van der Waals surface area contributed by atoms with Crippen LogP contribution in [0.15, 0.2) is 48.5 Å². The van der Waals surface area contributed by atoms with Crippen LogP contribution in [-0.2, 0) is 11.3 Å². The molecule has 1 saturated heterocycles. The van der Waals surface area contributed by atoms with Gasteiger partial charge in [-0.2, -0.15) is 0 Å². The maximum Gasteiger partial charge on any atom is 0.123 e. The van der Waals surface area contributed by atoms with Crippen LogP contribution in [0.4, 0.5) is 0 Å². The Hall–Kier alpha value is -2.08. The molecule has 2 unspecified atom stereocenters. The number of aliphatic hydroxyl groups is 1. The highest BCUT2D eigenvalue weighted by molar-refractivity contribution is 5.33. The monoisotopic (exact) mass is 385 g/mol. The van der Waals surface area contributed by atoms with Crippen LogP contribution < -0.4 is 9.47 Å². The molecule has 1 aliphatic rings. The van der Waals surface area contributed by atoms with Gasteiger partial charge < -0.3 is 19.3 Å². The van der Waals surface area contributed by atoms with Gasteiger partial charge in [-0.05, 0) is 37.5 Å². The molecule has 0 bridgehead atoms. The van der Waals surface area contributed by atoms with Crippen molar-refractivity contribution >= 4 is 0 Å². The quantitative estimate of drug-likeness (QED) is 0.679. The first kappa shape index (κ1) is 20.6. The Morgan fingerprint density at radius 1 is 1.14 bits per heavy atom. The molecule has 5 nitrogen and oxygen atoms in total. The van der Waals surface area contributed by atoms with Crippen molar-refractivity contribution in [3.8, 4) is 11.5 Å². The van der Waals surface area contributed by atoms with Gasteiger partial charge in [-0.25, -0.2) is 0 Å². The van der Waals surface area contributed by atoms with Crippen LogP contribution in [0, 0.1) is 6.92 Å². The lowest BCUT2D eigenvalue weighted by atomic mass is 10.1. The summed E-state index contributed by atoms with van der Waals surface area (Å²) in [5.41, 5.74) is 2.18. The molecular weight excluding hydrogens is 354 g/mol. The zero-order valence-corrected chi connectivity index (χ0v) is 16.8. The fraction of sp³-hybridized carbons (Fsp3) is 0.478. The van der Waals surface area contributed by atoms with Gasteiger partial charge in [0, 0.05) is 31.8 Å². The van der Waals surface area contributed by atoms with Gasteiger partial charge in [-0.3, -0.25) is 4.90 Å². The largest absolute Gasteiger partial charge is 0.496 e. The molecular formula is C23H31NO4. The summed E-state index contributed by atoms with van der Waals surface area (Å²) in [5.74, 6) is 1.68. The van der Waals surface area contributed by atoms with E-state index in [4.69, 9.17) is 14.2 Å². The number of para-hydroxylation sites is 2. The molecule has 28 heavy (non-hydrogen) atoms. The number of aryl methyl sites for hydroxylation is 1. The first-order chi connectivity index (χ1) is 13.7. The highest BCUT2D eigenvalue weighted by Crippen LogP contribution is 2.22. The summed E-state index contributed by atoms with van der Waals surface area (Å²) >= 11 is 0. The Kier molecular flexibility index (Phi) is 7.71. The molecule has 2 aromatic rings. The molecule has 1 aliphatic heterocycles. The van der Waals surface area contributed by atoms with Crippen molar-refractivity contribution in [1.82, 2.24) is 4.90 Å². The number of rotatable bonds is 10. The molecule has 0 spiro atoms. The van der Waals surface area contributed by atoms with Gasteiger partial charge in [0.15, 0.2) is 0 Å². The Labute approximate surface area is 167 Å². The standard InChI is InChI=1S/C23H31NO4/c1-18-8-3-5-11-22(18)28-17-20(25)15-24(16-21-10-7-13-27-21)14-19-9-4-6-12-23(19)26-2/h3-6,8-9,11-12,20-21,25H,7,10,13-17H2,1-2H3. The van der Waals surface area contributed by atoms with Gasteiger partial charge in [0.1, 0.15) is 24.2 Å². The van der Waals surface area contributed by atoms with Crippen molar-refractivity contribution in [1.29, 1.82) is 0 Å². The van der Waals surface area contributed by atoms with E-state index in [9.17, 15) is 5.11 Å². The summed E-state index contributed by atoms with van der Waals surface area (Å²) in [6, 6.07) is 15.9. The molecule has 1 heterocycles. The van der Waals surface area contributed by atoms with Crippen LogP contribution in [0.2, 0.25) is 0 Å². The van der Waals surface area contributed by atoms with Gasteiger partial charge in [0.2, 0.25) is 0 Å². The average Bonchev–Trinajstić information content (AvgIpc) is 3.21. The van der Waals surface area contributed by atoms with E-state index in [0.29, 0.717) is 13.1 Å². The number of methoxy groups -OCH3 is 1. The molecule has 0 aromatic heterocycles. The minimum Gasteiger partial charge on any atom is -0.496 e. The van der Waals surface area contributed by atoms with E-state index in [0.717, 1.165) is 48.6 Å². The third-order valence-electron chi connectivity index (χ3n) is 5.07. The Balaban J connectivity index is 1.61. The first-order valence-corrected chi connectivity index (χ1v) is 9.98. The van der Waals surface area contributed by atoms with Crippen LogP contribution in [0.1, 0.15) is 24.0 Å². The molecule has 1 N–H and O–H groups in total. The molecule has 0 radical (unpaired) electrons. The van der Waals surface area contributed by atoms with Gasteiger partial charge in [-0.15, -0.1) is 0 Å². The second kappa shape index (κ2) is 10.5. The van der Waals surface area contributed by atoms with Crippen molar-refractivity contribution in [3.63, 3.8) is 0 Å². The number of aliphatic hydroxyl groups excluding tert-OH is 1. The van der Waals surface area contributed by atoms with E-state index >= 15 is 0 Å². The molecule has 2 atom stereocenters. The van der Waals surface area contributed by atoms with E-state index in [1.807, 2.05) is 49.4 Å². The lowest BCUT2D eigenvalue weighted by molar-refractivity contribution is 0.0310. The maximum absolute atomic E-state index is 10.6. The molecule has 0 saturated carbocycles. The number of hydrogen-bond acceptors (Lipinski definition) is 5. The third-order valence-corrected chi connectivity index (χ3v) is 5.07. The first-order valence-electron chi connectivity index (χ1n) is 9.98. The Morgan fingerprint density at radius 2 is 1.89 bits per heavy atom. The number of ether oxygens (including phenoxy) is 3. The Morgan fingerprint density at radius 3 is 2.61 bits per heavy atom. The smallest absolute Gasteiger partial charge is 0.123 e. The number of nitrogens with zero attached hydrogens (tertiary/aromatic N) is 1. The zero-order valence-electron chi connectivity index (χ0n) is 16.8. The molecule has 0 amide bonds. The molecule has 3 rings (SSSR count). The van der Waals surface area contributed by atoms with Crippen LogP contribution >= 0.6 is 0 Å². The minimum atomic E-state index is -0.587. The summed E-state index contributed by atoms with van der Waals surface area (Å²) in [5, 5.41) is 10.6. The minimum absolute atomic E-state index is 0.221. The summed E-state index contributed by atoms with van der Waals surface area (Å²) in [7, 11) is 1.69. The SMILES string of the molecule is COc1ccccc1CN(CC(O)COc1ccccc1C)CC1CCCO1. The van der Waals surface area contributed by atoms with Gasteiger partial charge >= 0.3 is 0 Å². The molecule has 2 aromatic carbocycles. The van der Waals surface area contributed by atoms with Crippen LogP contribution in [0.3, 0.4) is 0 Å². The van der Waals surface area contributed by atoms with Crippen molar-refractivity contribution in [2.75, 3.05) is 33.4 Å². The third kappa shape index (κ3) is 5.96. The van der Waals surface area contributed by atoms with Gasteiger partial charge in [-0.1, -0.05) is 36.4 Å². The van der Waals surface area contributed by atoms with E-state index in [1.54, 1.807) is 7.11 Å². The predicted molar refractivity (Wildman–Crippen MR) is 110 cm³/mol. The van der Waals surface area contributed by atoms with E-state index in [-0.39, 0.29) is 12.7 Å². The zero-order chi connectivity index (χ0) is 19.8. The summed E-state index contributed by atoms with van der Waals surface area (Å²) < 4.78 is 17.1. The predicted octanol–water partition coefficient (Wildman–Crippen LogP) is 3.42. The summed E-state index contributed by atoms with van der Waals surface area (Å²) in [6.07, 6.45) is 1.81.